The van der Waals surface area contributed by atoms with E-state index in [0.29, 0.717) is 21.8 Å². The number of hydrogen-bond acceptors (Lipinski definition) is 4. The molecular weight excluding hydrogens is 358 g/mol. The summed E-state index contributed by atoms with van der Waals surface area (Å²) in [6.45, 7) is 0.207. The molecule has 7 nitrogen and oxygen atoms in total. The number of nitrogens with zero attached hydrogens (tertiary/aromatic N) is 1. The summed E-state index contributed by atoms with van der Waals surface area (Å²) in [7, 11) is 0. The molecule has 8 heteroatoms. The molecule has 1 aromatic heterocycles. The van der Waals surface area contributed by atoms with Crippen LogP contribution in [-0.4, -0.2) is 28.6 Å². The van der Waals surface area contributed by atoms with Crippen LogP contribution in [0.3, 0.4) is 0 Å². The van der Waals surface area contributed by atoms with Gasteiger partial charge in [-0.05, 0) is 36.4 Å². The van der Waals surface area contributed by atoms with Crippen LogP contribution < -0.4 is 21.2 Å². The molecule has 1 heterocycles. The fourth-order valence-electron chi connectivity index (χ4n) is 2.48. The number of nitrogens with one attached hydrogen (secondary N) is 2. The van der Waals surface area contributed by atoms with Gasteiger partial charge in [0.15, 0.2) is 6.61 Å². The Labute approximate surface area is 153 Å². The molecule has 2 aromatic carbocycles. The van der Waals surface area contributed by atoms with Crippen molar-refractivity contribution in [3.63, 3.8) is 0 Å². The highest BCUT2D eigenvalue weighted by molar-refractivity contribution is 6.30. The molecule has 26 heavy (non-hydrogen) atoms. The van der Waals surface area contributed by atoms with Crippen LogP contribution in [0.2, 0.25) is 5.02 Å². The minimum atomic E-state index is -0.693. The highest BCUT2D eigenvalue weighted by Crippen LogP contribution is 2.15. The van der Waals surface area contributed by atoms with E-state index in [9.17, 15) is 14.4 Å². The summed E-state index contributed by atoms with van der Waals surface area (Å²) in [6.07, 6.45) is 0. The summed E-state index contributed by atoms with van der Waals surface area (Å²) < 4.78 is 6.69. The van der Waals surface area contributed by atoms with Crippen molar-refractivity contribution in [1.82, 2.24) is 14.9 Å². The molecule has 0 saturated carbocycles. The number of para-hydroxylation sites is 2. The molecule has 134 valence electrons. The Bertz CT molecular complexity index is 1040. The Kier molecular flexibility index (Phi) is 5.38. The number of amides is 1. The molecule has 0 bridgehead atoms. The number of hydrogen-bond donors (Lipinski definition) is 2. The van der Waals surface area contributed by atoms with Crippen molar-refractivity contribution in [1.29, 1.82) is 0 Å². The third-order valence-corrected chi connectivity index (χ3v) is 3.98. The Morgan fingerprint density at radius 3 is 2.62 bits per heavy atom. The summed E-state index contributed by atoms with van der Waals surface area (Å²) in [5.41, 5.74) is -0.185. The van der Waals surface area contributed by atoms with Crippen LogP contribution in [-0.2, 0) is 11.3 Å². The average Bonchev–Trinajstić information content (AvgIpc) is 2.64. The molecule has 0 saturated heterocycles. The molecule has 1 amide bonds. The number of benzene rings is 2. The van der Waals surface area contributed by atoms with E-state index < -0.39 is 11.1 Å². The maximum absolute atomic E-state index is 12.1. The Morgan fingerprint density at radius 1 is 1.12 bits per heavy atom. The minimum Gasteiger partial charge on any atom is -0.484 e. The second-order valence-corrected chi connectivity index (χ2v) is 5.96. The summed E-state index contributed by atoms with van der Waals surface area (Å²) in [6, 6.07) is 13.6. The third-order valence-electron chi connectivity index (χ3n) is 3.72. The molecule has 0 atom stereocenters. The molecule has 0 unspecified atom stereocenters. The lowest BCUT2D eigenvalue weighted by atomic mass is 10.3. The Morgan fingerprint density at radius 2 is 1.85 bits per heavy atom. The zero-order chi connectivity index (χ0) is 18.5. The van der Waals surface area contributed by atoms with E-state index >= 15 is 0 Å². The monoisotopic (exact) mass is 373 g/mol. The maximum atomic E-state index is 12.1. The number of carbonyl (C=O) groups excluding carboxylic acids is 1. The number of fused-ring (bicyclic) bond motifs is 1. The summed E-state index contributed by atoms with van der Waals surface area (Å²) in [5.74, 6) is 0.198. The first-order valence-corrected chi connectivity index (χ1v) is 8.29. The highest BCUT2D eigenvalue weighted by Gasteiger charge is 2.08. The zero-order valence-electron chi connectivity index (χ0n) is 13.7. The summed E-state index contributed by atoms with van der Waals surface area (Å²) in [4.78, 5) is 38.2. The van der Waals surface area contributed by atoms with E-state index in [1.165, 1.54) is 4.57 Å². The maximum Gasteiger partial charge on any atom is 0.316 e. The molecule has 0 aliphatic carbocycles. The van der Waals surface area contributed by atoms with Crippen LogP contribution in [0.5, 0.6) is 5.75 Å². The molecule has 3 rings (SSSR count). The SMILES string of the molecule is O=C(COc1ccc(Cl)cc1)NCCn1c(=O)c(=O)[nH]c2ccccc21. The van der Waals surface area contributed by atoms with E-state index in [2.05, 4.69) is 10.3 Å². The van der Waals surface area contributed by atoms with Crippen LogP contribution in [0.25, 0.3) is 11.0 Å². The van der Waals surface area contributed by atoms with Gasteiger partial charge in [0.05, 0.1) is 11.0 Å². The molecule has 3 aromatic rings. The highest BCUT2D eigenvalue weighted by atomic mass is 35.5. The first-order chi connectivity index (χ1) is 12.5. The Hall–Kier alpha value is -3.06. The number of rotatable bonds is 6. The van der Waals surface area contributed by atoms with Gasteiger partial charge < -0.3 is 19.6 Å². The fraction of sp³-hybridized carbons (Fsp3) is 0.167. The number of halogens is 1. The predicted octanol–water partition coefficient (Wildman–Crippen LogP) is 1.54. The van der Waals surface area contributed by atoms with Crippen molar-refractivity contribution in [2.45, 2.75) is 6.54 Å². The lowest BCUT2D eigenvalue weighted by molar-refractivity contribution is -0.123. The van der Waals surface area contributed by atoms with E-state index in [4.69, 9.17) is 16.3 Å². The summed E-state index contributed by atoms with van der Waals surface area (Å²) in [5, 5.41) is 3.24. The lowest BCUT2D eigenvalue weighted by Crippen LogP contribution is -2.39. The molecule has 2 N–H and O–H groups in total. The van der Waals surface area contributed by atoms with Gasteiger partial charge in [0.25, 0.3) is 5.91 Å². The topological polar surface area (TPSA) is 93.2 Å². The van der Waals surface area contributed by atoms with Gasteiger partial charge in [-0.15, -0.1) is 0 Å². The predicted molar refractivity (Wildman–Crippen MR) is 98.8 cm³/mol. The van der Waals surface area contributed by atoms with Crippen molar-refractivity contribution in [2.75, 3.05) is 13.2 Å². The second kappa shape index (κ2) is 7.88. The van der Waals surface area contributed by atoms with Crippen LogP contribution in [0, 0.1) is 0 Å². The van der Waals surface area contributed by atoms with E-state index in [1.54, 1.807) is 48.5 Å². The number of ether oxygens (including phenoxy) is 1. The fourth-order valence-corrected chi connectivity index (χ4v) is 2.61. The normalized spacial score (nSPS) is 10.7. The van der Waals surface area contributed by atoms with Gasteiger partial charge in [0.2, 0.25) is 0 Å². The third kappa shape index (κ3) is 4.12. The first kappa shape index (κ1) is 17.8. The molecule has 0 spiro atoms. The molecular formula is C18H16ClN3O4. The van der Waals surface area contributed by atoms with E-state index in [1.807, 2.05) is 0 Å². The van der Waals surface area contributed by atoms with Crippen molar-refractivity contribution >= 4 is 28.5 Å². The van der Waals surface area contributed by atoms with Gasteiger partial charge >= 0.3 is 11.1 Å². The first-order valence-electron chi connectivity index (χ1n) is 7.91. The van der Waals surface area contributed by atoms with Crippen LogP contribution in [0.4, 0.5) is 0 Å². The van der Waals surface area contributed by atoms with E-state index in [-0.39, 0.29) is 25.6 Å². The number of aromatic amines is 1. The lowest BCUT2D eigenvalue weighted by Gasteiger charge is -2.11. The molecule has 0 radical (unpaired) electrons. The molecule has 0 aliphatic heterocycles. The van der Waals surface area contributed by atoms with Crippen molar-refractivity contribution in [3.05, 3.63) is 74.3 Å². The van der Waals surface area contributed by atoms with E-state index in [0.717, 1.165) is 0 Å². The Balaban J connectivity index is 1.59. The summed E-state index contributed by atoms with van der Waals surface area (Å²) >= 11 is 5.78. The van der Waals surface area contributed by atoms with Gasteiger partial charge in [-0.25, -0.2) is 0 Å². The average molecular weight is 374 g/mol. The minimum absolute atomic E-state index is 0.160. The van der Waals surface area contributed by atoms with Crippen LogP contribution in [0.15, 0.2) is 58.1 Å². The number of carbonyl (C=O) groups is 1. The van der Waals surface area contributed by atoms with Crippen molar-refractivity contribution in [2.24, 2.45) is 0 Å². The van der Waals surface area contributed by atoms with Gasteiger partial charge in [-0.1, -0.05) is 23.7 Å². The molecule has 0 fully saturated rings. The number of H-pyrrole nitrogens is 1. The van der Waals surface area contributed by atoms with Gasteiger partial charge in [0.1, 0.15) is 5.75 Å². The van der Waals surface area contributed by atoms with Gasteiger partial charge in [0, 0.05) is 18.1 Å². The van der Waals surface area contributed by atoms with Gasteiger partial charge in [-0.3, -0.25) is 14.4 Å². The van der Waals surface area contributed by atoms with Crippen molar-refractivity contribution < 1.29 is 9.53 Å². The molecule has 0 aliphatic rings. The van der Waals surface area contributed by atoms with Crippen molar-refractivity contribution in [3.8, 4) is 5.75 Å². The largest absolute Gasteiger partial charge is 0.484 e. The van der Waals surface area contributed by atoms with Crippen LogP contribution in [0.1, 0.15) is 0 Å². The quantitative estimate of drug-likeness (QED) is 0.641. The second-order valence-electron chi connectivity index (χ2n) is 5.52. The zero-order valence-corrected chi connectivity index (χ0v) is 14.5. The standard InChI is InChI=1S/C18H16ClN3O4/c19-12-5-7-13(8-6-12)26-11-16(23)20-9-10-22-15-4-2-1-3-14(15)21-17(24)18(22)25/h1-8H,9-11H2,(H,20,23)(H,21,24). The smallest absolute Gasteiger partial charge is 0.316 e. The van der Waals surface area contributed by atoms with Gasteiger partial charge in [-0.2, -0.15) is 0 Å². The van der Waals surface area contributed by atoms with Crippen LogP contribution >= 0.6 is 11.6 Å². The number of aromatic nitrogens is 2.